The Kier molecular flexibility index (Phi) is 9.29. The summed E-state index contributed by atoms with van der Waals surface area (Å²) in [6.45, 7) is 7.96. The molecule has 0 bridgehead atoms. The number of hydrogen-bond donors (Lipinski definition) is 4. The summed E-state index contributed by atoms with van der Waals surface area (Å²) >= 11 is 0. The van der Waals surface area contributed by atoms with Crippen molar-refractivity contribution in [2.75, 3.05) is 26.2 Å². The van der Waals surface area contributed by atoms with Crippen LogP contribution in [-0.2, 0) is 0 Å². The van der Waals surface area contributed by atoms with Gasteiger partial charge in [0.15, 0.2) is 0 Å². The van der Waals surface area contributed by atoms with Crippen molar-refractivity contribution in [2.24, 2.45) is 11.5 Å². The first-order chi connectivity index (χ1) is 6.63. The van der Waals surface area contributed by atoms with Gasteiger partial charge >= 0.3 is 0 Å². The Labute approximate surface area is 87.8 Å². The molecule has 0 radical (unpaired) electrons. The quantitative estimate of drug-likeness (QED) is 0.385. The molecule has 4 heteroatoms. The van der Waals surface area contributed by atoms with Gasteiger partial charge in [-0.15, -0.1) is 0 Å². The van der Waals surface area contributed by atoms with Gasteiger partial charge in [-0.2, -0.15) is 0 Å². The molecule has 0 aliphatic carbocycles. The summed E-state index contributed by atoms with van der Waals surface area (Å²) in [7, 11) is 0. The van der Waals surface area contributed by atoms with E-state index < -0.39 is 0 Å². The molecule has 0 aliphatic heterocycles. The van der Waals surface area contributed by atoms with Crippen LogP contribution in [0.3, 0.4) is 0 Å². The largest absolute Gasteiger partial charge is 0.327 e. The van der Waals surface area contributed by atoms with Gasteiger partial charge in [0.1, 0.15) is 0 Å². The van der Waals surface area contributed by atoms with Gasteiger partial charge in [-0.1, -0.05) is 0 Å². The number of unbranched alkanes of at least 4 members (excludes halogenated alkanes) is 1. The van der Waals surface area contributed by atoms with Crippen LogP contribution in [0.25, 0.3) is 0 Å². The zero-order valence-corrected chi connectivity index (χ0v) is 9.55. The second-order valence-electron chi connectivity index (χ2n) is 4.07. The molecule has 0 aliphatic rings. The van der Waals surface area contributed by atoms with Crippen molar-refractivity contribution in [1.29, 1.82) is 0 Å². The molecule has 0 saturated heterocycles. The van der Waals surface area contributed by atoms with E-state index in [0.29, 0.717) is 0 Å². The average molecular weight is 202 g/mol. The molecule has 0 spiro atoms. The molecule has 0 fully saturated rings. The summed E-state index contributed by atoms with van der Waals surface area (Å²) in [6, 6.07) is 0.512. The Morgan fingerprint density at radius 3 is 1.50 bits per heavy atom. The maximum Gasteiger partial charge on any atom is 0.0136 e. The van der Waals surface area contributed by atoms with E-state index in [9.17, 15) is 0 Å². The Balaban J connectivity index is 2.92. The van der Waals surface area contributed by atoms with Gasteiger partial charge in [0.05, 0.1) is 0 Å². The maximum absolute atomic E-state index is 5.60. The molecule has 2 unspecified atom stereocenters. The summed E-state index contributed by atoms with van der Waals surface area (Å²) in [4.78, 5) is 0. The van der Waals surface area contributed by atoms with Gasteiger partial charge in [-0.05, 0) is 39.8 Å². The standard InChI is InChI=1S/C10H26N4/c1-9(11)7-13-5-3-4-6-14-8-10(2)12/h9-10,13-14H,3-8,11-12H2,1-2H3. The van der Waals surface area contributed by atoms with Gasteiger partial charge in [-0.25, -0.2) is 0 Å². The monoisotopic (exact) mass is 202 g/mol. The molecular weight excluding hydrogens is 176 g/mol. The van der Waals surface area contributed by atoms with E-state index in [-0.39, 0.29) is 12.1 Å². The molecule has 6 N–H and O–H groups in total. The first kappa shape index (κ1) is 13.8. The SMILES string of the molecule is CC(N)CNCCCCNCC(C)N. The lowest BCUT2D eigenvalue weighted by atomic mass is 10.3. The van der Waals surface area contributed by atoms with E-state index in [0.717, 1.165) is 26.2 Å². The van der Waals surface area contributed by atoms with Crippen LogP contribution >= 0.6 is 0 Å². The highest BCUT2D eigenvalue weighted by atomic mass is 14.9. The number of nitrogens with one attached hydrogen (secondary N) is 2. The normalized spacial score (nSPS) is 15.4. The summed E-state index contributed by atoms with van der Waals surface area (Å²) in [5, 5.41) is 6.61. The fourth-order valence-electron chi connectivity index (χ4n) is 1.16. The third-order valence-corrected chi connectivity index (χ3v) is 1.89. The second-order valence-corrected chi connectivity index (χ2v) is 4.07. The molecule has 2 atom stereocenters. The highest BCUT2D eigenvalue weighted by Gasteiger charge is 1.94. The van der Waals surface area contributed by atoms with Crippen molar-refractivity contribution in [1.82, 2.24) is 10.6 Å². The Hall–Kier alpha value is -0.160. The zero-order chi connectivity index (χ0) is 10.8. The van der Waals surface area contributed by atoms with Crippen LogP contribution in [0.15, 0.2) is 0 Å². The summed E-state index contributed by atoms with van der Waals surface area (Å²) in [5.74, 6) is 0. The first-order valence-electron chi connectivity index (χ1n) is 5.55. The van der Waals surface area contributed by atoms with Crippen LogP contribution < -0.4 is 22.1 Å². The molecule has 0 aromatic carbocycles. The minimum absolute atomic E-state index is 0.256. The van der Waals surface area contributed by atoms with E-state index in [2.05, 4.69) is 10.6 Å². The van der Waals surface area contributed by atoms with Crippen LogP contribution in [0, 0.1) is 0 Å². The lowest BCUT2D eigenvalue weighted by Crippen LogP contribution is -2.33. The molecule has 0 aromatic rings. The van der Waals surface area contributed by atoms with Crippen LogP contribution in [0.2, 0.25) is 0 Å². The molecule has 0 heterocycles. The second kappa shape index (κ2) is 9.40. The lowest BCUT2D eigenvalue weighted by Gasteiger charge is -2.08. The molecule has 0 amide bonds. The van der Waals surface area contributed by atoms with Crippen molar-refractivity contribution >= 4 is 0 Å². The minimum Gasteiger partial charge on any atom is -0.327 e. The van der Waals surface area contributed by atoms with Crippen LogP contribution in [-0.4, -0.2) is 38.3 Å². The van der Waals surface area contributed by atoms with Crippen LogP contribution in [0.5, 0.6) is 0 Å². The van der Waals surface area contributed by atoms with Gasteiger partial charge in [-0.3, -0.25) is 0 Å². The van der Waals surface area contributed by atoms with E-state index in [1.807, 2.05) is 13.8 Å². The fourth-order valence-corrected chi connectivity index (χ4v) is 1.16. The molecule has 86 valence electrons. The van der Waals surface area contributed by atoms with Crippen molar-refractivity contribution in [3.8, 4) is 0 Å². The maximum atomic E-state index is 5.60. The number of nitrogens with two attached hydrogens (primary N) is 2. The summed E-state index contributed by atoms with van der Waals surface area (Å²) < 4.78 is 0. The molecular formula is C10H26N4. The van der Waals surface area contributed by atoms with Crippen molar-refractivity contribution < 1.29 is 0 Å². The smallest absolute Gasteiger partial charge is 0.0136 e. The van der Waals surface area contributed by atoms with E-state index in [1.165, 1.54) is 12.8 Å². The van der Waals surface area contributed by atoms with Crippen molar-refractivity contribution in [2.45, 2.75) is 38.8 Å². The van der Waals surface area contributed by atoms with Crippen LogP contribution in [0.1, 0.15) is 26.7 Å². The molecule has 0 aromatic heterocycles. The summed E-state index contributed by atoms with van der Waals surface area (Å²) in [6.07, 6.45) is 2.39. The Bertz CT molecular complexity index is 101. The third kappa shape index (κ3) is 11.8. The van der Waals surface area contributed by atoms with E-state index in [4.69, 9.17) is 11.5 Å². The first-order valence-corrected chi connectivity index (χ1v) is 5.55. The van der Waals surface area contributed by atoms with Gasteiger partial charge in [0.25, 0.3) is 0 Å². The minimum atomic E-state index is 0.256. The molecule has 0 saturated carbocycles. The lowest BCUT2D eigenvalue weighted by molar-refractivity contribution is 0.545. The Morgan fingerprint density at radius 1 is 0.857 bits per heavy atom. The predicted molar refractivity (Wildman–Crippen MR) is 62.3 cm³/mol. The van der Waals surface area contributed by atoms with E-state index >= 15 is 0 Å². The fraction of sp³-hybridized carbons (Fsp3) is 1.00. The van der Waals surface area contributed by atoms with E-state index in [1.54, 1.807) is 0 Å². The molecule has 4 nitrogen and oxygen atoms in total. The van der Waals surface area contributed by atoms with Gasteiger partial charge in [0, 0.05) is 25.2 Å². The number of rotatable bonds is 9. The van der Waals surface area contributed by atoms with Crippen LogP contribution in [0.4, 0.5) is 0 Å². The van der Waals surface area contributed by atoms with Gasteiger partial charge in [0.2, 0.25) is 0 Å². The highest BCUT2D eigenvalue weighted by molar-refractivity contribution is 4.59. The molecule has 14 heavy (non-hydrogen) atoms. The van der Waals surface area contributed by atoms with Gasteiger partial charge < -0.3 is 22.1 Å². The average Bonchev–Trinajstić information content (AvgIpc) is 2.08. The molecule has 0 rings (SSSR count). The number of hydrogen-bond acceptors (Lipinski definition) is 4. The topological polar surface area (TPSA) is 76.1 Å². The third-order valence-electron chi connectivity index (χ3n) is 1.89. The highest BCUT2D eigenvalue weighted by Crippen LogP contribution is 1.85. The Morgan fingerprint density at radius 2 is 1.21 bits per heavy atom. The zero-order valence-electron chi connectivity index (χ0n) is 9.55. The summed E-state index contributed by atoms with van der Waals surface area (Å²) in [5.41, 5.74) is 11.2. The predicted octanol–water partition coefficient (Wildman–Crippen LogP) is -0.360. The van der Waals surface area contributed by atoms with Crippen molar-refractivity contribution in [3.63, 3.8) is 0 Å². The van der Waals surface area contributed by atoms with Crippen molar-refractivity contribution in [3.05, 3.63) is 0 Å².